The fraction of sp³-hybridized carbons (Fsp3) is 0.0500. The topological polar surface area (TPSA) is 145 Å². The smallest absolute Gasteiger partial charge is 0.238 e. The summed E-state index contributed by atoms with van der Waals surface area (Å²) < 4.78 is 34.0. The van der Waals surface area contributed by atoms with Gasteiger partial charge >= 0.3 is 0 Å². The molecule has 11 heteroatoms. The third-order valence-electron chi connectivity index (χ3n) is 4.65. The zero-order chi connectivity index (χ0) is 21.4. The Morgan fingerprint density at radius 2 is 1.94 bits per heavy atom. The number of benzene rings is 2. The first-order valence-electron chi connectivity index (χ1n) is 9.14. The molecule has 0 bridgehead atoms. The number of aromatic amines is 1. The second-order valence-corrected chi connectivity index (χ2v) is 8.25. The van der Waals surface area contributed by atoms with Crippen LogP contribution in [0.2, 0.25) is 0 Å². The monoisotopic (exact) mass is 436 g/mol. The lowest BCUT2D eigenvalue weighted by Crippen LogP contribution is -2.12. The number of hydrogen-bond acceptors (Lipinski definition) is 8. The molecule has 3 heterocycles. The van der Waals surface area contributed by atoms with Crippen molar-refractivity contribution in [2.75, 3.05) is 12.1 Å². The van der Waals surface area contributed by atoms with Crippen molar-refractivity contribution in [1.29, 1.82) is 0 Å². The fourth-order valence-corrected chi connectivity index (χ4v) is 3.76. The van der Waals surface area contributed by atoms with Gasteiger partial charge in [-0.3, -0.25) is 5.10 Å². The van der Waals surface area contributed by atoms with Crippen LogP contribution in [0.5, 0.6) is 11.5 Å². The van der Waals surface area contributed by atoms with E-state index in [1.165, 1.54) is 12.1 Å². The summed E-state index contributed by atoms with van der Waals surface area (Å²) in [5.74, 6) is 1.65. The van der Waals surface area contributed by atoms with Crippen LogP contribution in [-0.4, -0.2) is 35.4 Å². The number of ether oxygens (including phenoxy) is 2. The van der Waals surface area contributed by atoms with Gasteiger partial charge in [-0.05, 0) is 42.5 Å². The number of aromatic nitrogens is 4. The Labute approximate surface area is 177 Å². The highest BCUT2D eigenvalue weighted by molar-refractivity contribution is 7.89. The van der Waals surface area contributed by atoms with Gasteiger partial charge in [-0.15, -0.1) is 0 Å². The van der Waals surface area contributed by atoms with Gasteiger partial charge in [0.1, 0.15) is 0 Å². The number of nitrogens with zero attached hydrogens (tertiary/aromatic N) is 3. The molecule has 0 atom stereocenters. The van der Waals surface area contributed by atoms with Crippen molar-refractivity contribution in [3.05, 3.63) is 60.9 Å². The largest absolute Gasteiger partial charge is 0.454 e. The Morgan fingerprint density at radius 1 is 1.06 bits per heavy atom. The minimum absolute atomic E-state index is 0.00594. The van der Waals surface area contributed by atoms with Gasteiger partial charge in [-0.25, -0.2) is 23.5 Å². The van der Waals surface area contributed by atoms with Crippen molar-refractivity contribution >= 4 is 21.7 Å². The molecule has 156 valence electrons. The van der Waals surface area contributed by atoms with Crippen LogP contribution in [0.4, 0.5) is 11.6 Å². The van der Waals surface area contributed by atoms with E-state index < -0.39 is 10.0 Å². The fourth-order valence-electron chi connectivity index (χ4n) is 3.20. The molecule has 2 aromatic heterocycles. The molecule has 10 nitrogen and oxygen atoms in total. The van der Waals surface area contributed by atoms with Gasteiger partial charge in [0.15, 0.2) is 11.5 Å². The third-order valence-corrected chi connectivity index (χ3v) is 5.56. The molecule has 1 aliphatic rings. The van der Waals surface area contributed by atoms with Gasteiger partial charge in [0, 0.05) is 23.0 Å². The Bertz CT molecular complexity index is 1390. The molecular formula is C20H16N6O4S. The maximum absolute atomic E-state index is 11.6. The molecule has 0 amide bonds. The lowest BCUT2D eigenvalue weighted by molar-refractivity contribution is 0.174. The normalized spacial score (nSPS) is 12.7. The molecule has 0 saturated carbocycles. The molecule has 31 heavy (non-hydrogen) atoms. The number of H-pyrrole nitrogens is 1. The third kappa shape index (κ3) is 3.79. The Balaban J connectivity index is 1.46. The minimum atomic E-state index is -3.81. The number of hydrogen-bond donors (Lipinski definition) is 3. The highest BCUT2D eigenvalue weighted by Crippen LogP contribution is 2.38. The van der Waals surface area contributed by atoms with E-state index in [-0.39, 0.29) is 11.7 Å². The number of anilines is 2. The van der Waals surface area contributed by atoms with Crippen LogP contribution >= 0.6 is 0 Å². The molecule has 0 spiro atoms. The van der Waals surface area contributed by atoms with Crippen molar-refractivity contribution in [2.24, 2.45) is 5.14 Å². The maximum Gasteiger partial charge on any atom is 0.238 e. The van der Waals surface area contributed by atoms with Crippen LogP contribution in [-0.2, 0) is 10.0 Å². The first-order valence-corrected chi connectivity index (χ1v) is 10.7. The van der Waals surface area contributed by atoms with Crippen LogP contribution < -0.4 is 19.9 Å². The van der Waals surface area contributed by atoms with Gasteiger partial charge in [0.25, 0.3) is 0 Å². The number of nitrogens with one attached hydrogen (secondary N) is 2. The second-order valence-electron chi connectivity index (χ2n) is 6.69. The molecule has 1 aliphatic heterocycles. The summed E-state index contributed by atoms with van der Waals surface area (Å²) in [6.07, 6.45) is 3.28. The van der Waals surface area contributed by atoms with Crippen molar-refractivity contribution < 1.29 is 17.9 Å². The van der Waals surface area contributed by atoms with E-state index in [0.717, 1.165) is 16.8 Å². The van der Waals surface area contributed by atoms with Crippen molar-refractivity contribution in [2.45, 2.75) is 4.90 Å². The summed E-state index contributed by atoms with van der Waals surface area (Å²) in [6.45, 7) is 0.197. The van der Waals surface area contributed by atoms with E-state index in [4.69, 9.17) is 14.6 Å². The minimum Gasteiger partial charge on any atom is -0.454 e. The predicted octanol–water partition coefficient (Wildman–Crippen LogP) is 2.65. The lowest BCUT2D eigenvalue weighted by Gasteiger charge is -2.08. The van der Waals surface area contributed by atoms with E-state index in [0.29, 0.717) is 28.8 Å². The average molecular weight is 436 g/mol. The van der Waals surface area contributed by atoms with E-state index >= 15 is 0 Å². The predicted molar refractivity (Wildman–Crippen MR) is 112 cm³/mol. The zero-order valence-corrected chi connectivity index (χ0v) is 16.8. The Morgan fingerprint density at radius 3 is 2.81 bits per heavy atom. The molecule has 4 N–H and O–H groups in total. The van der Waals surface area contributed by atoms with Crippen molar-refractivity contribution in [1.82, 2.24) is 20.2 Å². The molecule has 4 aromatic rings. The highest BCUT2D eigenvalue weighted by atomic mass is 32.2. The summed E-state index contributed by atoms with van der Waals surface area (Å²) in [4.78, 5) is 8.75. The number of primary sulfonamides is 1. The first-order chi connectivity index (χ1) is 15.0. The molecule has 0 fully saturated rings. The number of sulfonamides is 1. The zero-order valence-electron chi connectivity index (χ0n) is 15.9. The molecule has 0 aliphatic carbocycles. The number of nitrogens with two attached hydrogens (primary N) is 1. The summed E-state index contributed by atoms with van der Waals surface area (Å²) in [6, 6.07) is 13.5. The lowest BCUT2D eigenvalue weighted by atomic mass is 10.1. The van der Waals surface area contributed by atoms with Gasteiger partial charge < -0.3 is 14.8 Å². The summed E-state index contributed by atoms with van der Waals surface area (Å²) in [5.41, 5.74) is 3.51. The summed E-state index contributed by atoms with van der Waals surface area (Å²) in [5, 5.41) is 15.4. The summed E-state index contributed by atoms with van der Waals surface area (Å²) in [7, 11) is -3.81. The van der Waals surface area contributed by atoms with E-state index in [1.807, 2.05) is 18.2 Å². The standard InChI is InChI=1S/C20H16N6O4S/c21-31(27,28)14-3-1-2-13(9-14)24-20-22-7-6-16(25-20)15-10-23-26-19(15)12-4-5-17-18(8-12)30-11-29-17/h1-10H,11H2,(H,23,26)(H2,21,27,28)(H,22,24,25). The van der Waals surface area contributed by atoms with Crippen molar-refractivity contribution in [3.63, 3.8) is 0 Å². The van der Waals surface area contributed by atoms with Crippen LogP contribution in [0.3, 0.4) is 0 Å². The molecular weight excluding hydrogens is 420 g/mol. The van der Waals surface area contributed by atoms with E-state index in [1.54, 1.807) is 30.6 Å². The Hall–Kier alpha value is -3.96. The average Bonchev–Trinajstić information content (AvgIpc) is 3.42. The molecule has 5 rings (SSSR count). The molecule has 0 radical (unpaired) electrons. The van der Waals surface area contributed by atoms with E-state index in [2.05, 4.69) is 25.5 Å². The van der Waals surface area contributed by atoms with Crippen LogP contribution in [0, 0.1) is 0 Å². The molecule has 0 saturated heterocycles. The highest BCUT2D eigenvalue weighted by Gasteiger charge is 2.18. The van der Waals surface area contributed by atoms with E-state index in [9.17, 15) is 8.42 Å². The van der Waals surface area contributed by atoms with Gasteiger partial charge in [-0.2, -0.15) is 5.10 Å². The summed E-state index contributed by atoms with van der Waals surface area (Å²) >= 11 is 0. The number of rotatable bonds is 5. The van der Waals surface area contributed by atoms with Crippen LogP contribution in [0.15, 0.2) is 65.8 Å². The molecule has 2 aromatic carbocycles. The first kappa shape index (κ1) is 19.0. The van der Waals surface area contributed by atoms with Crippen LogP contribution in [0.25, 0.3) is 22.5 Å². The quantitative estimate of drug-likeness (QED) is 0.433. The number of fused-ring (bicyclic) bond motifs is 1. The van der Waals surface area contributed by atoms with Gasteiger partial charge in [0.05, 0.1) is 22.5 Å². The van der Waals surface area contributed by atoms with Crippen molar-refractivity contribution in [3.8, 4) is 34.0 Å². The van der Waals surface area contributed by atoms with Crippen LogP contribution in [0.1, 0.15) is 0 Å². The second kappa shape index (κ2) is 7.38. The Kier molecular flexibility index (Phi) is 4.53. The molecule has 0 unspecified atom stereocenters. The van der Waals surface area contributed by atoms with Gasteiger partial charge in [0.2, 0.25) is 22.8 Å². The SMILES string of the molecule is NS(=O)(=O)c1cccc(Nc2nccc(-c3cn[nH]c3-c3ccc4c(c3)OCO4)n2)c1. The van der Waals surface area contributed by atoms with Gasteiger partial charge in [-0.1, -0.05) is 6.07 Å². The maximum atomic E-state index is 11.6.